The van der Waals surface area contributed by atoms with Crippen LogP contribution in [0, 0.1) is 5.82 Å². The molecule has 2 fully saturated rings. The maximum atomic E-state index is 13.4. The molecular weight excluding hydrogens is 293 g/mol. The fraction of sp³-hybridized carbons (Fsp3) is 0.571. The fourth-order valence-electron chi connectivity index (χ4n) is 2.82. The molecule has 1 aliphatic heterocycles. The van der Waals surface area contributed by atoms with E-state index in [1.807, 2.05) is 0 Å². The highest BCUT2D eigenvalue weighted by atomic mass is 32.2. The maximum Gasteiger partial charge on any atom is 0.240 e. The molecule has 1 atom stereocenters. The summed E-state index contributed by atoms with van der Waals surface area (Å²) in [5, 5.41) is 0. The highest BCUT2D eigenvalue weighted by Crippen LogP contribution is 2.30. The van der Waals surface area contributed by atoms with Gasteiger partial charge >= 0.3 is 0 Å². The summed E-state index contributed by atoms with van der Waals surface area (Å²) >= 11 is 0. The second-order valence-electron chi connectivity index (χ2n) is 5.79. The van der Waals surface area contributed by atoms with Crippen molar-refractivity contribution in [2.75, 3.05) is 13.1 Å². The van der Waals surface area contributed by atoms with E-state index in [1.54, 1.807) is 0 Å². The molecule has 0 bridgehead atoms. The Hall–Kier alpha value is -1.02. The van der Waals surface area contributed by atoms with Gasteiger partial charge in [0.05, 0.1) is 4.90 Å². The summed E-state index contributed by atoms with van der Waals surface area (Å²) in [7, 11) is -3.62. The second kappa shape index (κ2) is 5.64. The lowest BCUT2D eigenvalue weighted by molar-refractivity contribution is 0.322. The average molecular weight is 313 g/mol. The van der Waals surface area contributed by atoms with Crippen molar-refractivity contribution in [3.63, 3.8) is 0 Å². The number of hydrogen-bond donors (Lipinski definition) is 2. The fourth-order valence-corrected chi connectivity index (χ4v) is 4.13. The number of nitrogens with two attached hydrogens (primary N) is 1. The molecule has 3 N–H and O–H groups in total. The number of benzene rings is 1. The monoisotopic (exact) mass is 313 g/mol. The van der Waals surface area contributed by atoms with Crippen molar-refractivity contribution in [1.29, 1.82) is 0 Å². The molecule has 5 nitrogen and oxygen atoms in total. The van der Waals surface area contributed by atoms with E-state index in [4.69, 9.17) is 5.73 Å². The smallest absolute Gasteiger partial charge is 0.240 e. The topological polar surface area (TPSA) is 75.4 Å². The molecule has 1 saturated heterocycles. The number of likely N-dealkylation sites (tertiary alicyclic amines) is 1. The number of nitrogens with zero attached hydrogens (tertiary/aromatic N) is 1. The van der Waals surface area contributed by atoms with Crippen LogP contribution < -0.4 is 10.5 Å². The van der Waals surface area contributed by atoms with Crippen molar-refractivity contribution in [3.05, 3.63) is 29.6 Å². The van der Waals surface area contributed by atoms with E-state index in [0.717, 1.165) is 25.6 Å². The van der Waals surface area contributed by atoms with Crippen LogP contribution in [0.2, 0.25) is 0 Å². The van der Waals surface area contributed by atoms with Crippen LogP contribution in [0.15, 0.2) is 23.1 Å². The van der Waals surface area contributed by atoms with Crippen LogP contribution in [0.3, 0.4) is 0 Å². The molecule has 2 aliphatic rings. The van der Waals surface area contributed by atoms with E-state index in [1.165, 1.54) is 25.0 Å². The lowest BCUT2D eigenvalue weighted by atomic mass is 10.2. The Kier molecular flexibility index (Phi) is 4.00. The molecule has 0 spiro atoms. The minimum atomic E-state index is -3.62. The summed E-state index contributed by atoms with van der Waals surface area (Å²) in [4.78, 5) is 2.41. The summed E-state index contributed by atoms with van der Waals surface area (Å²) in [5.74, 6) is -0.475. The molecule has 7 heteroatoms. The lowest BCUT2D eigenvalue weighted by Crippen LogP contribution is -2.37. The highest BCUT2D eigenvalue weighted by Gasteiger charge is 2.35. The summed E-state index contributed by atoms with van der Waals surface area (Å²) < 4.78 is 40.9. The van der Waals surface area contributed by atoms with Gasteiger partial charge in [-0.05, 0) is 37.5 Å². The predicted octanol–water partition coefficient (Wildman–Crippen LogP) is 0.799. The molecule has 0 radical (unpaired) electrons. The van der Waals surface area contributed by atoms with Gasteiger partial charge in [-0.15, -0.1) is 0 Å². The normalized spacial score (nSPS) is 23.6. The van der Waals surface area contributed by atoms with Gasteiger partial charge in [0.2, 0.25) is 10.0 Å². The third-order valence-corrected chi connectivity index (χ3v) is 5.67. The van der Waals surface area contributed by atoms with Crippen molar-refractivity contribution in [1.82, 2.24) is 9.62 Å². The van der Waals surface area contributed by atoms with Crippen LogP contribution in [0.1, 0.15) is 24.8 Å². The van der Waals surface area contributed by atoms with Gasteiger partial charge in [-0.25, -0.2) is 17.5 Å². The van der Waals surface area contributed by atoms with E-state index < -0.39 is 15.8 Å². The molecular formula is C14H20FN3O2S. The van der Waals surface area contributed by atoms with Gasteiger partial charge < -0.3 is 5.73 Å². The molecule has 0 aromatic heterocycles. The zero-order valence-electron chi connectivity index (χ0n) is 11.8. The van der Waals surface area contributed by atoms with Gasteiger partial charge in [0.15, 0.2) is 0 Å². The highest BCUT2D eigenvalue weighted by molar-refractivity contribution is 7.89. The molecule has 116 valence electrons. The number of nitrogens with one attached hydrogen (secondary N) is 1. The summed E-state index contributed by atoms with van der Waals surface area (Å²) in [5.41, 5.74) is 5.63. The molecule has 0 amide bonds. The standard InChI is InChI=1S/C14H20FN3O2S/c15-14-4-3-13(7-10(14)8-16)21(19,20)17-11-5-6-18(9-11)12-1-2-12/h3-4,7,11-12,17H,1-2,5-6,8-9,16H2. The Labute approximate surface area is 124 Å². The quantitative estimate of drug-likeness (QED) is 0.843. The van der Waals surface area contributed by atoms with Gasteiger partial charge in [0.25, 0.3) is 0 Å². The summed E-state index contributed by atoms with van der Waals surface area (Å²) in [6.45, 7) is 1.68. The molecule has 1 saturated carbocycles. The molecule has 1 aromatic rings. The Balaban J connectivity index is 1.71. The number of hydrogen-bond acceptors (Lipinski definition) is 4. The largest absolute Gasteiger partial charge is 0.326 e. The number of halogens is 1. The molecule has 1 aliphatic carbocycles. The molecule has 3 rings (SSSR count). The maximum absolute atomic E-state index is 13.4. The third kappa shape index (κ3) is 3.26. The predicted molar refractivity (Wildman–Crippen MR) is 77.6 cm³/mol. The summed E-state index contributed by atoms with van der Waals surface area (Å²) in [6, 6.07) is 4.33. The number of sulfonamides is 1. The van der Waals surface area contributed by atoms with E-state index >= 15 is 0 Å². The van der Waals surface area contributed by atoms with Crippen molar-refractivity contribution in [2.24, 2.45) is 5.73 Å². The Bertz CT molecular complexity index is 631. The van der Waals surface area contributed by atoms with Crippen LogP contribution in [0.5, 0.6) is 0 Å². The lowest BCUT2D eigenvalue weighted by Gasteiger charge is -2.16. The molecule has 1 unspecified atom stereocenters. The Morgan fingerprint density at radius 1 is 1.33 bits per heavy atom. The van der Waals surface area contributed by atoms with E-state index in [9.17, 15) is 12.8 Å². The van der Waals surface area contributed by atoms with Crippen molar-refractivity contribution < 1.29 is 12.8 Å². The first kappa shape index (κ1) is 14.9. The second-order valence-corrected chi connectivity index (χ2v) is 7.50. The minimum Gasteiger partial charge on any atom is -0.326 e. The molecule has 1 heterocycles. The molecule has 21 heavy (non-hydrogen) atoms. The minimum absolute atomic E-state index is 0.0198. The number of rotatable bonds is 5. The third-order valence-electron chi connectivity index (χ3n) is 4.15. The van der Waals surface area contributed by atoms with E-state index in [2.05, 4.69) is 9.62 Å². The zero-order chi connectivity index (χ0) is 15.0. The SMILES string of the molecule is NCc1cc(S(=O)(=O)NC2CCN(C3CC3)C2)ccc1F. The first-order valence-corrected chi connectivity index (χ1v) is 8.73. The Morgan fingerprint density at radius 3 is 2.76 bits per heavy atom. The van der Waals surface area contributed by atoms with E-state index in [0.29, 0.717) is 6.04 Å². The first-order valence-electron chi connectivity index (χ1n) is 7.24. The van der Waals surface area contributed by atoms with Crippen LogP contribution >= 0.6 is 0 Å². The average Bonchev–Trinajstić information content (AvgIpc) is 3.20. The van der Waals surface area contributed by atoms with Crippen molar-refractivity contribution in [3.8, 4) is 0 Å². The van der Waals surface area contributed by atoms with Gasteiger partial charge in [-0.2, -0.15) is 0 Å². The first-order chi connectivity index (χ1) is 9.99. The van der Waals surface area contributed by atoms with E-state index in [-0.39, 0.29) is 23.0 Å². The van der Waals surface area contributed by atoms with Gasteiger partial charge in [-0.1, -0.05) is 0 Å². The van der Waals surface area contributed by atoms with Gasteiger partial charge in [0.1, 0.15) is 5.82 Å². The van der Waals surface area contributed by atoms with Gasteiger partial charge in [0, 0.05) is 37.3 Å². The van der Waals surface area contributed by atoms with Crippen LogP contribution in [0.25, 0.3) is 0 Å². The summed E-state index contributed by atoms with van der Waals surface area (Å²) in [6.07, 6.45) is 3.26. The van der Waals surface area contributed by atoms with Gasteiger partial charge in [-0.3, -0.25) is 4.90 Å². The van der Waals surface area contributed by atoms with Crippen LogP contribution in [0.4, 0.5) is 4.39 Å². The van der Waals surface area contributed by atoms with Crippen LogP contribution in [-0.2, 0) is 16.6 Å². The van der Waals surface area contributed by atoms with Crippen molar-refractivity contribution >= 4 is 10.0 Å². The molecule has 1 aromatic carbocycles. The van der Waals surface area contributed by atoms with Crippen molar-refractivity contribution in [2.45, 2.75) is 42.8 Å². The Morgan fingerprint density at radius 2 is 2.10 bits per heavy atom. The zero-order valence-corrected chi connectivity index (χ0v) is 12.6. The van der Waals surface area contributed by atoms with Crippen LogP contribution in [-0.4, -0.2) is 38.5 Å².